The molecule has 0 radical (unpaired) electrons. The molecule has 2 aliphatic heterocycles. The third-order valence-electron chi connectivity index (χ3n) is 3.28. The second-order valence-electron chi connectivity index (χ2n) is 4.00. The van der Waals surface area contributed by atoms with Gasteiger partial charge in [0.15, 0.2) is 0 Å². The van der Waals surface area contributed by atoms with Crippen LogP contribution in [0.2, 0.25) is 0 Å². The van der Waals surface area contributed by atoms with E-state index in [9.17, 15) is 0 Å². The van der Waals surface area contributed by atoms with Crippen molar-refractivity contribution in [3.05, 3.63) is 12.3 Å². The number of hydrogen-bond donors (Lipinski definition) is 0. The van der Waals surface area contributed by atoms with Crippen LogP contribution in [0, 0.1) is 0 Å². The number of morpholine rings is 1. The quantitative estimate of drug-likeness (QED) is 0.392. The zero-order valence-electron chi connectivity index (χ0n) is 8.10. The van der Waals surface area contributed by atoms with Crippen molar-refractivity contribution in [1.82, 2.24) is 0 Å². The Kier molecular flexibility index (Phi) is 4.19. The highest BCUT2D eigenvalue weighted by Gasteiger charge is 2.35. The predicted molar refractivity (Wildman–Crippen MR) is 48.7 cm³/mol. The standard InChI is InChI=1S/C10H18NO.HI/c1-10-9-12-8-7-11(10)5-3-2-4-6-11;/h1-9H2;1H/q+1;/p-1. The molecule has 1 spiro atoms. The molecule has 0 atom stereocenters. The summed E-state index contributed by atoms with van der Waals surface area (Å²) in [7, 11) is 0. The van der Waals surface area contributed by atoms with Crippen LogP contribution in [0.25, 0.3) is 0 Å². The van der Waals surface area contributed by atoms with Crippen molar-refractivity contribution in [1.29, 1.82) is 0 Å². The molecule has 0 bridgehead atoms. The molecule has 3 heteroatoms. The molecule has 2 saturated heterocycles. The van der Waals surface area contributed by atoms with E-state index in [2.05, 4.69) is 6.58 Å². The maximum absolute atomic E-state index is 5.39. The zero-order chi connectivity index (χ0) is 8.44. The van der Waals surface area contributed by atoms with Crippen LogP contribution in [0.4, 0.5) is 0 Å². The van der Waals surface area contributed by atoms with E-state index in [0.29, 0.717) is 0 Å². The highest BCUT2D eigenvalue weighted by atomic mass is 127. The summed E-state index contributed by atoms with van der Waals surface area (Å²) in [4.78, 5) is 0. The van der Waals surface area contributed by atoms with Crippen molar-refractivity contribution in [2.45, 2.75) is 19.3 Å². The van der Waals surface area contributed by atoms with Crippen LogP contribution in [0.1, 0.15) is 19.3 Å². The Morgan fingerprint density at radius 1 is 1.08 bits per heavy atom. The Hall–Kier alpha value is 0.390. The van der Waals surface area contributed by atoms with Crippen molar-refractivity contribution >= 4 is 0 Å². The summed E-state index contributed by atoms with van der Waals surface area (Å²) < 4.78 is 6.56. The van der Waals surface area contributed by atoms with Crippen molar-refractivity contribution in [3.63, 3.8) is 0 Å². The van der Waals surface area contributed by atoms with Gasteiger partial charge in [0, 0.05) is 0 Å². The molecule has 0 aliphatic carbocycles. The minimum atomic E-state index is 0. The Balaban J connectivity index is 0.000000845. The zero-order valence-corrected chi connectivity index (χ0v) is 10.3. The van der Waals surface area contributed by atoms with Crippen molar-refractivity contribution in [2.75, 3.05) is 32.8 Å². The van der Waals surface area contributed by atoms with Crippen LogP contribution in [0.5, 0.6) is 0 Å². The van der Waals surface area contributed by atoms with Gasteiger partial charge in [0.1, 0.15) is 18.8 Å². The molecule has 2 rings (SSSR count). The lowest BCUT2D eigenvalue weighted by Gasteiger charge is -2.44. The number of hydrogen-bond acceptors (Lipinski definition) is 1. The Morgan fingerprint density at radius 3 is 2.38 bits per heavy atom. The van der Waals surface area contributed by atoms with Gasteiger partial charge in [-0.1, -0.05) is 0 Å². The highest BCUT2D eigenvalue weighted by Crippen LogP contribution is 2.26. The van der Waals surface area contributed by atoms with E-state index in [1.165, 1.54) is 49.1 Å². The number of nitrogens with zero attached hydrogens (tertiary/aromatic N) is 1. The molecule has 0 aromatic heterocycles. The van der Waals surface area contributed by atoms with Gasteiger partial charge in [0.05, 0.1) is 19.7 Å². The van der Waals surface area contributed by atoms with E-state index in [1.54, 1.807) is 0 Å². The van der Waals surface area contributed by atoms with E-state index in [-0.39, 0.29) is 24.0 Å². The van der Waals surface area contributed by atoms with Crippen LogP contribution in [-0.4, -0.2) is 37.3 Å². The SMILES string of the molecule is C=C1COCC[N+]12CCCCC2.[I-]. The molecule has 0 amide bonds. The van der Waals surface area contributed by atoms with Crippen molar-refractivity contribution in [2.24, 2.45) is 0 Å². The largest absolute Gasteiger partial charge is 1.00 e. The molecule has 2 heterocycles. The Bertz CT molecular complexity index is 179. The molecule has 0 aromatic carbocycles. The Morgan fingerprint density at radius 2 is 1.77 bits per heavy atom. The Labute approximate surface area is 97.5 Å². The van der Waals surface area contributed by atoms with Crippen LogP contribution < -0.4 is 24.0 Å². The van der Waals surface area contributed by atoms with E-state index in [4.69, 9.17) is 4.74 Å². The van der Waals surface area contributed by atoms with Crippen LogP contribution >= 0.6 is 0 Å². The average Bonchev–Trinajstić information content (AvgIpc) is 2.12. The maximum atomic E-state index is 5.39. The molecule has 2 nitrogen and oxygen atoms in total. The molecule has 0 N–H and O–H groups in total. The van der Waals surface area contributed by atoms with Crippen LogP contribution in [-0.2, 0) is 4.74 Å². The number of rotatable bonds is 0. The summed E-state index contributed by atoms with van der Waals surface area (Å²) in [6.07, 6.45) is 4.16. The first kappa shape index (κ1) is 11.5. The first-order valence-electron chi connectivity index (χ1n) is 4.96. The van der Waals surface area contributed by atoms with Gasteiger partial charge >= 0.3 is 0 Å². The molecular weight excluding hydrogens is 277 g/mol. The van der Waals surface area contributed by atoms with Gasteiger partial charge in [0.2, 0.25) is 0 Å². The second kappa shape index (κ2) is 4.75. The molecule has 13 heavy (non-hydrogen) atoms. The lowest BCUT2D eigenvalue weighted by Crippen LogP contribution is -3.00. The normalized spacial score (nSPS) is 26.9. The smallest absolute Gasteiger partial charge is 0.128 e. The summed E-state index contributed by atoms with van der Waals surface area (Å²) >= 11 is 0. The molecule has 2 aliphatic rings. The first-order chi connectivity index (χ1) is 5.83. The number of piperidine rings is 1. The van der Waals surface area contributed by atoms with E-state index >= 15 is 0 Å². The van der Waals surface area contributed by atoms with Crippen molar-refractivity contribution < 1.29 is 33.2 Å². The molecule has 2 fully saturated rings. The monoisotopic (exact) mass is 295 g/mol. The predicted octanol–water partition coefficient (Wildman–Crippen LogP) is -1.46. The molecule has 76 valence electrons. The number of quaternary nitrogens is 1. The maximum Gasteiger partial charge on any atom is 0.128 e. The summed E-state index contributed by atoms with van der Waals surface area (Å²) in [5.74, 6) is 0. The van der Waals surface area contributed by atoms with Gasteiger partial charge in [0.25, 0.3) is 0 Å². The molecule has 0 unspecified atom stereocenters. The van der Waals surface area contributed by atoms with Gasteiger partial charge in [-0.2, -0.15) is 0 Å². The van der Waals surface area contributed by atoms with Gasteiger partial charge in [-0.25, -0.2) is 0 Å². The molecule has 0 saturated carbocycles. The summed E-state index contributed by atoms with van der Waals surface area (Å²) in [5.41, 5.74) is 1.31. The topological polar surface area (TPSA) is 9.23 Å². The fourth-order valence-corrected chi connectivity index (χ4v) is 2.38. The van der Waals surface area contributed by atoms with Crippen LogP contribution in [0.15, 0.2) is 12.3 Å². The molecule has 0 aromatic rings. The van der Waals surface area contributed by atoms with Gasteiger partial charge in [-0.15, -0.1) is 0 Å². The van der Waals surface area contributed by atoms with E-state index < -0.39 is 0 Å². The first-order valence-corrected chi connectivity index (χ1v) is 4.96. The minimum Gasteiger partial charge on any atom is -1.00 e. The summed E-state index contributed by atoms with van der Waals surface area (Å²) in [6, 6.07) is 0. The fraction of sp³-hybridized carbons (Fsp3) is 0.800. The van der Waals surface area contributed by atoms with Gasteiger partial charge in [-0.05, 0) is 25.8 Å². The fourth-order valence-electron chi connectivity index (χ4n) is 2.38. The number of ether oxygens (including phenoxy) is 1. The lowest BCUT2D eigenvalue weighted by molar-refractivity contribution is -0.904. The lowest BCUT2D eigenvalue weighted by atomic mass is 10.1. The van der Waals surface area contributed by atoms with Crippen LogP contribution in [0.3, 0.4) is 0 Å². The number of halogens is 1. The van der Waals surface area contributed by atoms with E-state index in [1.807, 2.05) is 0 Å². The summed E-state index contributed by atoms with van der Waals surface area (Å²) in [5, 5.41) is 0. The average molecular weight is 295 g/mol. The summed E-state index contributed by atoms with van der Waals surface area (Å²) in [6.45, 7) is 9.64. The minimum absolute atomic E-state index is 0. The highest BCUT2D eigenvalue weighted by molar-refractivity contribution is 4.87. The van der Waals surface area contributed by atoms with Crippen molar-refractivity contribution in [3.8, 4) is 0 Å². The van der Waals surface area contributed by atoms with Gasteiger partial charge in [-0.3, -0.25) is 4.48 Å². The van der Waals surface area contributed by atoms with E-state index in [0.717, 1.165) is 13.2 Å². The second-order valence-corrected chi connectivity index (χ2v) is 4.00. The third kappa shape index (κ3) is 2.25. The molecular formula is C10H18INO. The third-order valence-corrected chi connectivity index (χ3v) is 3.28. The van der Waals surface area contributed by atoms with Gasteiger partial charge < -0.3 is 28.7 Å².